The van der Waals surface area contributed by atoms with Crippen molar-refractivity contribution in [2.75, 3.05) is 13.2 Å². The molecule has 1 saturated heterocycles. The first kappa shape index (κ1) is 19.0. The summed E-state index contributed by atoms with van der Waals surface area (Å²) in [4.78, 5) is 17.3. The van der Waals surface area contributed by atoms with Crippen LogP contribution in [-0.2, 0) is 15.8 Å². The van der Waals surface area contributed by atoms with E-state index in [1.54, 1.807) is 31.2 Å². The molecule has 0 unspecified atom stereocenters. The van der Waals surface area contributed by atoms with Crippen molar-refractivity contribution in [2.24, 2.45) is 0 Å². The number of rotatable bonds is 5. The Kier molecular flexibility index (Phi) is 5.55. The van der Waals surface area contributed by atoms with Crippen molar-refractivity contribution >= 4 is 5.91 Å². The van der Waals surface area contributed by atoms with Crippen molar-refractivity contribution in [1.29, 1.82) is 0 Å². The van der Waals surface area contributed by atoms with Crippen molar-refractivity contribution in [3.8, 4) is 17.2 Å². The Morgan fingerprint density at radius 2 is 1.59 bits per heavy atom. The highest BCUT2D eigenvalue weighted by atomic mass is 19.4. The highest BCUT2D eigenvalue weighted by molar-refractivity contribution is 5.80. The molecule has 0 radical (unpaired) electrons. The number of benzene rings is 2. The van der Waals surface area contributed by atoms with E-state index in [1.165, 1.54) is 17.2 Å². The Morgan fingerprint density at radius 1 is 1.04 bits per heavy atom. The Bertz CT molecular complexity index is 769. The first-order chi connectivity index (χ1) is 12.8. The first-order valence-corrected chi connectivity index (χ1v) is 8.39. The standard InChI is InChI=1S/C19H18F3NO4/c1-13(18(24)23-11-2-12-25-23)26-15-7-9-17(10-8-15)27-16-5-3-14(4-6-16)19(20,21)22/h3-10,13H,2,11-12H2,1H3/t13-/m1/s1. The molecule has 2 aromatic rings. The summed E-state index contributed by atoms with van der Waals surface area (Å²) in [6.07, 6.45) is -4.29. The Balaban J connectivity index is 1.57. The largest absolute Gasteiger partial charge is 0.481 e. The van der Waals surface area contributed by atoms with Crippen molar-refractivity contribution < 1.29 is 32.3 Å². The third-order valence-corrected chi connectivity index (χ3v) is 3.90. The number of hydrogen-bond donors (Lipinski definition) is 0. The molecule has 1 amide bonds. The molecule has 1 aliphatic rings. The highest BCUT2D eigenvalue weighted by Gasteiger charge is 2.30. The third-order valence-electron chi connectivity index (χ3n) is 3.90. The van der Waals surface area contributed by atoms with E-state index < -0.39 is 17.8 Å². The maximum atomic E-state index is 12.6. The summed E-state index contributed by atoms with van der Waals surface area (Å²) >= 11 is 0. The molecule has 3 rings (SSSR count). The van der Waals surface area contributed by atoms with E-state index in [2.05, 4.69) is 0 Å². The zero-order chi connectivity index (χ0) is 19.4. The van der Waals surface area contributed by atoms with Crippen LogP contribution in [0.1, 0.15) is 18.9 Å². The van der Waals surface area contributed by atoms with E-state index in [1.807, 2.05) is 0 Å². The second-order valence-corrected chi connectivity index (χ2v) is 5.98. The number of amides is 1. The molecular weight excluding hydrogens is 363 g/mol. The van der Waals surface area contributed by atoms with E-state index >= 15 is 0 Å². The van der Waals surface area contributed by atoms with E-state index in [9.17, 15) is 18.0 Å². The molecule has 0 spiro atoms. The van der Waals surface area contributed by atoms with Crippen LogP contribution >= 0.6 is 0 Å². The minimum atomic E-state index is -4.38. The number of hydrogen-bond acceptors (Lipinski definition) is 4. The quantitative estimate of drug-likeness (QED) is 0.769. The van der Waals surface area contributed by atoms with Crippen LogP contribution < -0.4 is 9.47 Å². The summed E-state index contributed by atoms with van der Waals surface area (Å²) in [5.74, 6) is 0.933. The van der Waals surface area contributed by atoms with Crippen LogP contribution in [-0.4, -0.2) is 30.2 Å². The molecule has 1 fully saturated rings. The second-order valence-electron chi connectivity index (χ2n) is 5.98. The van der Waals surface area contributed by atoms with Gasteiger partial charge in [0.2, 0.25) is 0 Å². The summed E-state index contributed by atoms with van der Waals surface area (Å²) in [5.41, 5.74) is -0.737. The molecule has 1 atom stereocenters. The minimum Gasteiger partial charge on any atom is -0.481 e. The van der Waals surface area contributed by atoms with Crippen molar-refractivity contribution in [3.05, 3.63) is 54.1 Å². The Morgan fingerprint density at radius 3 is 2.11 bits per heavy atom. The van der Waals surface area contributed by atoms with Crippen LogP contribution in [0.25, 0.3) is 0 Å². The molecule has 0 aliphatic carbocycles. The van der Waals surface area contributed by atoms with Gasteiger partial charge in [0, 0.05) is 0 Å². The average molecular weight is 381 g/mol. The average Bonchev–Trinajstić information content (AvgIpc) is 3.17. The number of carbonyl (C=O) groups excluding carboxylic acids is 1. The monoisotopic (exact) mass is 381 g/mol. The molecule has 0 N–H and O–H groups in total. The number of hydroxylamine groups is 2. The van der Waals surface area contributed by atoms with Crippen molar-refractivity contribution in [2.45, 2.75) is 25.6 Å². The summed E-state index contributed by atoms with van der Waals surface area (Å²) in [6, 6.07) is 10.9. The minimum absolute atomic E-state index is 0.252. The van der Waals surface area contributed by atoms with Crippen LogP contribution in [0.4, 0.5) is 13.2 Å². The fourth-order valence-corrected chi connectivity index (χ4v) is 2.51. The molecule has 144 valence electrons. The number of carbonyl (C=O) groups is 1. The lowest BCUT2D eigenvalue weighted by atomic mass is 10.2. The van der Waals surface area contributed by atoms with Gasteiger partial charge in [-0.2, -0.15) is 13.2 Å². The van der Waals surface area contributed by atoms with E-state index in [0.29, 0.717) is 24.7 Å². The maximum Gasteiger partial charge on any atom is 0.416 e. The van der Waals surface area contributed by atoms with Gasteiger partial charge < -0.3 is 9.47 Å². The van der Waals surface area contributed by atoms with Crippen LogP contribution in [0.3, 0.4) is 0 Å². The van der Waals surface area contributed by atoms with Crippen molar-refractivity contribution in [1.82, 2.24) is 5.06 Å². The lowest BCUT2D eigenvalue weighted by Crippen LogP contribution is -2.37. The first-order valence-electron chi connectivity index (χ1n) is 8.39. The van der Waals surface area contributed by atoms with Gasteiger partial charge in [0.15, 0.2) is 6.10 Å². The van der Waals surface area contributed by atoms with Crippen LogP contribution in [0.15, 0.2) is 48.5 Å². The zero-order valence-electron chi connectivity index (χ0n) is 14.5. The van der Waals surface area contributed by atoms with Gasteiger partial charge in [0.25, 0.3) is 5.91 Å². The van der Waals surface area contributed by atoms with Gasteiger partial charge in [-0.1, -0.05) is 0 Å². The second kappa shape index (κ2) is 7.87. The van der Waals surface area contributed by atoms with Gasteiger partial charge in [-0.3, -0.25) is 9.63 Å². The lowest BCUT2D eigenvalue weighted by molar-refractivity contribution is -0.175. The van der Waals surface area contributed by atoms with Crippen LogP contribution in [0.2, 0.25) is 0 Å². The van der Waals surface area contributed by atoms with Crippen LogP contribution in [0, 0.1) is 0 Å². The van der Waals surface area contributed by atoms with Crippen molar-refractivity contribution in [3.63, 3.8) is 0 Å². The molecule has 1 aliphatic heterocycles. The smallest absolute Gasteiger partial charge is 0.416 e. The number of alkyl halides is 3. The van der Waals surface area contributed by atoms with Gasteiger partial charge >= 0.3 is 6.18 Å². The summed E-state index contributed by atoms with van der Waals surface area (Å²) in [5, 5.41) is 1.30. The predicted molar refractivity (Wildman–Crippen MR) is 90.3 cm³/mol. The topological polar surface area (TPSA) is 48.0 Å². The normalized spacial score (nSPS) is 15.5. The number of ether oxygens (including phenoxy) is 2. The van der Waals surface area contributed by atoms with Gasteiger partial charge in [0.1, 0.15) is 17.2 Å². The van der Waals surface area contributed by atoms with Gasteiger partial charge in [-0.25, -0.2) is 5.06 Å². The highest BCUT2D eigenvalue weighted by Crippen LogP contribution is 2.31. The molecular formula is C19H18F3NO4. The van der Waals surface area contributed by atoms with E-state index in [-0.39, 0.29) is 11.7 Å². The molecule has 0 bridgehead atoms. The summed E-state index contributed by atoms with van der Waals surface area (Å²) in [6.45, 7) is 2.71. The van der Waals surface area contributed by atoms with E-state index in [4.69, 9.17) is 14.3 Å². The van der Waals surface area contributed by atoms with Gasteiger partial charge in [-0.05, 0) is 61.9 Å². The fraction of sp³-hybridized carbons (Fsp3) is 0.316. The predicted octanol–water partition coefficient (Wildman–Crippen LogP) is 4.43. The van der Waals surface area contributed by atoms with Gasteiger partial charge in [-0.15, -0.1) is 0 Å². The molecule has 2 aromatic carbocycles. The molecule has 27 heavy (non-hydrogen) atoms. The lowest BCUT2D eigenvalue weighted by Gasteiger charge is -2.20. The fourth-order valence-electron chi connectivity index (χ4n) is 2.51. The van der Waals surface area contributed by atoms with Gasteiger partial charge in [0.05, 0.1) is 18.7 Å². The van der Waals surface area contributed by atoms with Crippen LogP contribution in [0.5, 0.6) is 17.2 Å². The third kappa shape index (κ3) is 4.91. The molecule has 1 heterocycles. The zero-order valence-corrected chi connectivity index (χ0v) is 14.5. The molecule has 0 aromatic heterocycles. The summed E-state index contributed by atoms with van der Waals surface area (Å²) < 4.78 is 48.8. The Hall–Kier alpha value is -2.74. The maximum absolute atomic E-state index is 12.6. The number of nitrogens with zero attached hydrogens (tertiary/aromatic N) is 1. The number of halogens is 3. The van der Waals surface area contributed by atoms with E-state index in [0.717, 1.165) is 18.6 Å². The molecule has 8 heteroatoms. The SMILES string of the molecule is C[C@@H](Oc1ccc(Oc2ccc(C(F)(F)F)cc2)cc1)C(=O)N1CCCO1. The molecule has 5 nitrogen and oxygen atoms in total. The Labute approximate surface area is 154 Å². The summed E-state index contributed by atoms with van der Waals surface area (Å²) in [7, 11) is 0. The molecule has 0 saturated carbocycles.